The lowest BCUT2D eigenvalue weighted by molar-refractivity contribution is 0.654. The van der Waals surface area contributed by atoms with Crippen molar-refractivity contribution >= 4 is 23.2 Å². The normalized spacial score (nSPS) is 10.6. The van der Waals surface area contributed by atoms with Gasteiger partial charge in [-0.25, -0.2) is 19.4 Å². The van der Waals surface area contributed by atoms with Crippen LogP contribution in [0.2, 0.25) is 10.0 Å². The van der Waals surface area contributed by atoms with Gasteiger partial charge in [0.1, 0.15) is 0 Å². The molecule has 1 aromatic carbocycles. The van der Waals surface area contributed by atoms with Crippen LogP contribution in [-0.4, -0.2) is 14.8 Å². The Kier molecular flexibility index (Phi) is 2.89. The smallest absolute Gasteiger partial charge is 0.257 e. The largest absolute Gasteiger partial charge is 0.344 e. The summed E-state index contributed by atoms with van der Waals surface area (Å²) in [6.07, 6.45) is 0. The van der Waals surface area contributed by atoms with Gasteiger partial charge in [-0.2, -0.15) is 0 Å². The molecule has 16 heavy (non-hydrogen) atoms. The first-order valence-corrected chi connectivity index (χ1v) is 5.15. The molecule has 0 atom stereocenters. The molecule has 7 heteroatoms. The third-order valence-corrected chi connectivity index (χ3v) is 2.79. The molecule has 0 radical (unpaired) electrons. The first kappa shape index (κ1) is 11.0. The minimum Gasteiger partial charge on any atom is -0.257 e. The predicted molar refractivity (Wildman–Crippen MR) is 61.2 cm³/mol. The fourth-order valence-electron chi connectivity index (χ4n) is 1.32. The number of nitrogens with zero attached hydrogens (tertiary/aromatic N) is 1. The third kappa shape index (κ3) is 2.05. The number of benzene rings is 1. The van der Waals surface area contributed by atoms with Gasteiger partial charge in [0.25, 0.3) is 0 Å². The van der Waals surface area contributed by atoms with Crippen LogP contribution in [0.5, 0.6) is 0 Å². The summed E-state index contributed by atoms with van der Waals surface area (Å²) in [5, 5.41) is 3.21. The Balaban J connectivity index is 2.45. The van der Waals surface area contributed by atoms with Crippen LogP contribution in [0.3, 0.4) is 0 Å². The molecule has 1 heterocycles. The van der Waals surface area contributed by atoms with Gasteiger partial charge in [0.15, 0.2) is 0 Å². The van der Waals surface area contributed by atoms with Crippen LogP contribution in [-0.2, 0) is 6.54 Å². The molecule has 0 saturated carbocycles. The van der Waals surface area contributed by atoms with Gasteiger partial charge in [-0.05, 0) is 12.1 Å². The van der Waals surface area contributed by atoms with Crippen molar-refractivity contribution in [2.24, 2.45) is 0 Å². The topological polar surface area (TPSA) is 70.7 Å². The molecule has 5 nitrogen and oxygen atoms in total. The van der Waals surface area contributed by atoms with Crippen molar-refractivity contribution in [2.75, 3.05) is 0 Å². The van der Waals surface area contributed by atoms with Gasteiger partial charge in [0, 0.05) is 15.6 Å². The molecule has 0 amide bonds. The molecule has 84 valence electrons. The second-order valence-electron chi connectivity index (χ2n) is 3.16. The Morgan fingerprint density at radius 3 is 2.31 bits per heavy atom. The maximum absolute atomic E-state index is 11.3. The molecular weight excluding hydrogens is 253 g/mol. The van der Waals surface area contributed by atoms with E-state index in [0.717, 1.165) is 4.68 Å². The molecule has 2 aromatic rings. The van der Waals surface area contributed by atoms with E-state index >= 15 is 0 Å². The van der Waals surface area contributed by atoms with Crippen LogP contribution in [0.1, 0.15) is 5.56 Å². The van der Waals surface area contributed by atoms with E-state index in [9.17, 15) is 9.59 Å². The van der Waals surface area contributed by atoms with Gasteiger partial charge in [-0.15, -0.1) is 0 Å². The molecule has 0 bridgehead atoms. The van der Waals surface area contributed by atoms with Crippen LogP contribution >= 0.6 is 23.2 Å². The molecule has 2 rings (SSSR count). The Labute approximate surface area is 99.6 Å². The van der Waals surface area contributed by atoms with E-state index in [0.29, 0.717) is 15.6 Å². The lowest BCUT2D eigenvalue weighted by Gasteiger charge is -2.05. The van der Waals surface area contributed by atoms with Gasteiger partial charge < -0.3 is 0 Å². The molecule has 0 spiro atoms. The second kappa shape index (κ2) is 4.19. The summed E-state index contributed by atoms with van der Waals surface area (Å²) >= 11 is 11.9. The number of H-pyrrole nitrogens is 2. The second-order valence-corrected chi connectivity index (χ2v) is 3.97. The molecule has 0 unspecified atom stereocenters. The fourth-order valence-corrected chi connectivity index (χ4v) is 1.84. The standard InChI is InChI=1S/C9H7Cl2N3O2/c10-6-2-1-3-7(11)5(6)4-14-9(16)12-8(15)13-14/h1-3H,4H2,(H2,12,13,15,16). The number of nitrogens with one attached hydrogen (secondary N) is 2. The van der Waals surface area contributed by atoms with Gasteiger partial charge in [-0.3, -0.25) is 4.98 Å². The maximum atomic E-state index is 11.3. The van der Waals surface area contributed by atoms with E-state index in [1.54, 1.807) is 18.2 Å². The minimum atomic E-state index is -0.562. The number of aromatic amines is 2. The SMILES string of the molecule is O=c1[nH]c(=O)n(Cc2c(Cl)cccc2Cl)[nH]1. The summed E-state index contributed by atoms with van der Waals surface area (Å²) in [6.45, 7) is 0.121. The zero-order valence-corrected chi connectivity index (χ0v) is 9.47. The van der Waals surface area contributed by atoms with Gasteiger partial charge in [-0.1, -0.05) is 29.3 Å². The predicted octanol–water partition coefficient (Wildman–Crippen LogP) is 1.22. The summed E-state index contributed by atoms with van der Waals surface area (Å²) < 4.78 is 1.11. The van der Waals surface area contributed by atoms with Crippen LogP contribution < -0.4 is 11.4 Å². The number of hydrogen-bond acceptors (Lipinski definition) is 2. The lowest BCUT2D eigenvalue weighted by atomic mass is 10.2. The molecular formula is C9H7Cl2N3O2. The summed E-state index contributed by atoms with van der Waals surface area (Å²) in [7, 11) is 0. The molecule has 1 aromatic heterocycles. The molecule has 2 N–H and O–H groups in total. The molecule has 0 aliphatic carbocycles. The molecule has 0 fully saturated rings. The first-order valence-electron chi connectivity index (χ1n) is 4.40. The molecule has 0 aliphatic rings. The zero-order chi connectivity index (χ0) is 11.7. The highest BCUT2D eigenvalue weighted by Gasteiger charge is 2.08. The van der Waals surface area contributed by atoms with Crippen molar-refractivity contribution in [3.05, 3.63) is 54.8 Å². The monoisotopic (exact) mass is 259 g/mol. The third-order valence-electron chi connectivity index (χ3n) is 2.08. The lowest BCUT2D eigenvalue weighted by Crippen LogP contribution is -2.19. The highest BCUT2D eigenvalue weighted by Crippen LogP contribution is 2.24. The maximum Gasteiger partial charge on any atom is 0.344 e. The van der Waals surface area contributed by atoms with E-state index in [1.165, 1.54) is 0 Å². The summed E-state index contributed by atoms with van der Waals surface area (Å²) in [5.41, 5.74) is -0.502. The fraction of sp³-hybridized carbons (Fsp3) is 0.111. The van der Waals surface area contributed by atoms with Gasteiger partial charge >= 0.3 is 11.4 Å². The number of rotatable bonds is 2. The van der Waals surface area contributed by atoms with Crippen molar-refractivity contribution < 1.29 is 0 Å². The van der Waals surface area contributed by atoms with Crippen molar-refractivity contribution in [1.82, 2.24) is 14.8 Å². The Hall–Kier alpha value is -1.46. The Morgan fingerprint density at radius 2 is 1.81 bits per heavy atom. The van der Waals surface area contributed by atoms with Crippen LogP contribution in [0.4, 0.5) is 0 Å². The molecule has 0 aliphatic heterocycles. The molecule has 0 saturated heterocycles. The first-order chi connectivity index (χ1) is 7.58. The summed E-state index contributed by atoms with van der Waals surface area (Å²) in [4.78, 5) is 24.2. The van der Waals surface area contributed by atoms with Crippen molar-refractivity contribution in [3.63, 3.8) is 0 Å². The average molecular weight is 260 g/mol. The summed E-state index contributed by atoms with van der Waals surface area (Å²) in [6, 6.07) is 5.04. The van der Waals surface area contributed by atoms with Gasteiger partial charge in [0.05, 0.1) is 6.54 Å². The van der Waals surface area contributed by atoms with Crippen molar-refractivity contribution in [1.29, 1.82) is 0 Å². The Morgan fingerprint density at radius 1 is 1.19 bits per heavy atom. The van der Waals surface area contributed by atoms with Crippen LogP contribution in [0.15, 0.2) is 27.8 Å². The summed E-state index contributed by atoms with van der Waals surface area (Å²) in [5.74, 6) is 0. The van der Waals surface area contributed by atoms with E-state index in [1.807, 2.05) is 0 Å². The Bertz CT molecular complexity index is 606. The van der Waals surface area contributed by atoms with E-state index < -0.39 is 11.4 Å². The van der Waals surface area contributed by atoms with E-state index in [-0.39, 0.29) is 6.54 Å². The quantitative estimate of drug-likeness (QED) is 0.852. The zero-order valence-electron chi connectivity index (χ0n) is 7.96. The number of aromatic nitrogens is 3. The van der Waals surface area contributed by atoms with Crippen molar-refractivity contribution in [2.45, 2.75) is 6.54 Å². The highest BCUT2D eigenvalue weighted by atomic mass is 35.5. The minimum absolute atomic E-state index is 0.121. The number of hydrogen-bond donors (Lipinski definition) is 2. The number of halogens is 2. The van der Waals surface area contributed by atoms with Crippen LogP contribution in [0, 0.1) is 0 Å². The highest BCUT2D eigenvalue weighted by molar-refractivity contribution is 6.35. The van der Waals surface area contributed by atoms with Gasteiger partial charge in [0.2, 0.25) is 0 Å². The van der Waals surface area contributed by atoms with E-state index in [4.69, 9.17) is 23.2 Å². The van der Waals surface area contributed by atoms with E-state index in [2.05, 4.69) is 10.1 Å². The average Bonchev–Trinajstić information content (AvgIpc) is 2.51. The van der Waals surface area contributed by atoms with Crippen LogP contribution in [0.25, 0.3) is 0 Å². The van der Waals surface area contributed by atoms with Crippen molar-refractivity contribution in [3.8, 4) is 0 Å².